The molecule has 2 aliphatic rings. The van der Waals surface area contributed by atoms with Gasteiger partial charge in [-0.25, -0.2) is 9.78 Å². The molecule has 1 amide bonds. The van der Waals surface area contributed by atoms with Crippen molar-refractivity contribution < 1.29 is 14.6 Å². The van der Waals surface area contributed by atoms with E-state index in [2.05, 4.69) is 64.2 Å². The molecule has 0 atom stereocenters. The van der Waals surface area contributed by atoms with Gasteiger partial charge in [-0.3, -0.25) is 9.47 Å². The summed E-state index contributed by atoms with van der Waals surface area (Å²) in [4.78, 5) is 19.1. The van der Waals surface area contributed by atoms with E-state index in [4.69, 9.17) is 9.72 Å². The molecular weight excluding hydrogens is 502 g/mol. The van der Waals surface area contributed by atoms with E-state index in [0.717, 1.165) is 77.4 Å². The van der Waals surface area contributed by atoms with Crippen LogP contribution < -0.4 is 4.74 Å². The quantitative estimate of drug-likeness (QED) is 0.285. The molecule has 0 saturated heterocycles. The Balaban J connectivity index is 1.47. The molecule has 2 aromatic heterocycles. The fraction of sp³-hybridized carbons (Fsp3) is 0.375. The number of amides is 1. The number of hydrogen-bond acceptors (Lipinski definition) is 5. The van der Waals surface area contributed by atoms with Gasteiger partial charge >= 0.3 is 6.09 Å². The highest BCUT2D eigenvalue weighted by atomic mass is 16.5. The number of aromatic nitrogens is 4. The topological polar surface area (TPSA) is 93.4 Å². The molecule has 8 heteroatoms. The molecule has 0 radical (unpaired) electrons. The average molecular weight is 538 g/mol. The molecule has 1 N–H and O–H groups in total. The molecule has 1 fully saturated rings. The standard InChI is InChI=1S/C32H35N5O3/c1-5-10-26-34-35-27-20-40-29-25(36(26)27)19-24(21-11-7-6-8-12-21)28(33-29)22-13-15-23(16-14-22)32(17-9-18-32)37(30(38)39)31(2,3)4/h6-8,11-16,19H,5,9-10,17-18,20H2,1-4H3,(H,38,39). The summed E-state index contributed by atoms with van der Waals surface area (Å²) < 4.78 is 8.17. The second-order valence-corrected chi connectivity index (χ2v) is 11.7. The molecule has 8 nitrogen and oxygen atoms in total. The Morgan fingerprint density at radius 2 is 1.77 bits per heavy atom. The number of carboxylic acid groups (broad SMARTS) is 1. The summed E-state index contributed by atoms with van der Waals surface area (Å²) in [5.41, 5.74) is 4.65. The SMILES string of the molecule is CCCc1nnc2n1-c1cc(-c3ccccc3)c(-c3ccc(C4(N(C(=O)O)C(C)(C)C)CCC4)cc3)nc1OC2. The minimum atomic E-state index is -0.882. The molecule has 0 spiro atoms. The van der Waals surface area contributed by atoms with Crippen molar-refractivity contribution in [3.8, 4) is 34.0 Å². The van der Waals surface area contributed by atoms with Gasteiger partial charge in [-0.15, -0.1) is 10.2 Å². The number of fused-ring (bicyclic) bond motifs is 3. The Labute approximate surface area is 234 Å². The first-order chi connectivity index (χ1) is 19.2. The van der Waals surface area contributed by atoms with Crippen molar-refractivity contribution in [1.29, 1.82) is 0 Å². The summed E-state index contributed by atoms with van der Waals surface area (Å²) in [6.07, 6.45) is 3.55. The van der Waals surface area contributed by atoms with Crippen molar-refractivity contribution >= 4 is 6.09 Å². The Kier molecular flexibility index (Phi) is 6.36. The second-order valence-electron chi connectivity index (χ2n) is 11.7. The first-order valence-electron chi connectivity index (χ1n) is 14.0. The summed E-state index contributed by atoms with van der Waals surface area (Å²) in [5.74, 6) is 2.25. The van der Waals surface area contributed by atoms with E-state index in [-0.39, 0.29) is 0 Å². The van der Waals surface area contributed by atoms with E-state index >= 15 is 0 Å². The van der Waals surface area contributed by atoms with E-state index in [1.54, 1.807) is 4.90 Å². The van der Waals surface area contributed by atoms with Crippen molar-refractivity contribution in [2.75, 3.05) is 0 Å². The fourth-order valence-electron chi connectivity index (χ4n) is 6.26. The van der Waals surface area contributed by atoms with Crippen molar-refractivity contribution in [1.82, 2.24) is 24.6 Å². The number of aryl methyl sites for hydroxylation is 1. The van der Waals surface area contributed by atoms with Crippen LogP contribution in [0.5, 0.6) is 5.88 Å². The predicted molar refractivity (Wildman–Crippen MR) is 153 cm³/mol. The van der Waals surface area contributed by atoms with Crippen LogP contribution in [-0.2, 0) is 18.6 Å². The van der Waals surface area contributed by atoms with Crippen LogP contribution in [0, 0.1) is 0 Å². The maximum atomic E-state index is 12.4. The largest absolute Gasteiger partial charge is 0.468 e. The number of pyridine rings is 1. The predicted octanol–water partition coefficient (Wildman–Crippen LogP) is 7.00. The van der Waals surface area contributed by atoms with Gasteiger partial charge in [0.2, 0.25) is 5.88 Å². The molecule has 0 unspecified atom stereocenters. The zero-order chi connectivity index (χ0) is 28.1. The minimum Gasteiger partial charge on any atom is -0.468 e. The highest BCUT2D eigenvalue weighted by Crippen LogP contribution is 2.50. The lowest BCUT2D eigenvalue weighted by Crippen LogP contribution is -2.60. The molecule has 1 aliphatic carbocycles. The van der Waals surface area contributed by atoms with E-state index in [0.29, 0.717) is 12.5 Å². The Morgan fingerprint density at radius 3 is 2.38 bits per heavy atom. The van der Waals surface area contributed by atoms with Crippen LogP contribution in [0.2, 0.25) is 0 Å². The molecule has 0 bridgehead atoms. The van der Waals surface area contributed by atoms with Gasteiger partial charge in [0.1, 0.15) is 11.5 Å². The average Bonchev–Trinajstić information content (AvgIpc) is 3.33. The molecule has 3 heterocycles. The van der Waals surface area contributed by atoms with Gasteiger partial charge in [-0.1, -0.05) is 61.5 Å². The van der Waals surface area contributed by atoms with Gasteiger partial charge in [0.05, 0.1) is 11.2 Å². The number of hydrogen-bond donors (Lipinski definition) is 1. The first-order valence-corrected chi connectivity index (χ1v) is 14.0. The molecule has 6 rings (SSSR count). The molecule has 1 aliphatic heterocycles. The summed E-state index contributed by atoms with van der Waals surface area (Å²) in [6.45, 7) is 8.34. The lowest BCUT2D eigenvalue weighted by atomic mass is 9.69. The van der Waals surface area contributed by atoms with E-state index in [9.17, 15) is 9.90 Å². The van der Waals surface area contributed by atoms with Crippen LogP contribution in [0.1, 0.15) is 70.6 Å². The van der Waals surface area contributed by atoms with Gasteiger partial charge in [0.25, 0.3) is 0 Å². The summed E-state index contributed by atoms with van der Waals surface area (Å²) in [6, 6.07) is 20.6. The molecule has 40 heavy (non-hydrogen) atoms. The van der Waals surface area contributed by atoms with Crippen LogP contribution in [0.3, 0.4) is 0 Å². The van der Waals surface area contributed by atoms with Crippen LogP contribution >= 0.6 is 0 Å². The van der Waals surface area contributed by atoms with Crippen LogP contribution in [-0.4, -0.2) is 41.4 Å². The van der Waals surface area contributed by atoms with Gasteiger partial charge in [0.15, 0.2) is 12.4 Å². The van der Waals surface area contributed by atoms with Crippen molar-refractivity contribution in [3.63, 3.8) is 0 Å². The zero-order valence-electron chi connectivity index (χ0n) is 23.5. The van der Waals surface area contributed by atoms with E-state index < -0.39 is 17.2 Å². The fourth-order valence-corrected chi connectivity index (χ4v) is 6.26. The van der Waals surface area contributed by atoms with Crippen LogP contribution in [0.15, 0.2) is 60.7 Å². The highest BCUT2D eigenvalue weighted by molar-refractivity contribution is 5.83. The molecule has 4 aromatic rings. The van der Waals surface area contributed by atoms with Crippen molar-refractivity contribution in [3.05, 3.63) is 77.9 Å². The third-order valence-electron chi connectivity index (χ3n) is 8.07. The van der Waals surface area contributed by atoms with Gasteiger partial charge < -0.3 is 9.84 Å². The van der Waals surface area contributed by atoms with Crippen LogP contribution in [0.4, 0.5) is 4.79 Å². The third kappa shape index (κ3) is 4.22. The lowest BCUT2D eigenvalue weighted by molar-refractivity contribution is -0.0328. The molecular formula is C32H35N5O3. The number of rotatable bonds is 6. The van der Waals surface area contributed by atoms with E-state index in [1.165, 1.54) is 0 Å². The maximum absolute atomic E-state index is 12.4. The summed E-state index contributed by atoms with van der Waals surface area (Å²) in [5, 5.41) is 19.0. The smallest absolute Gasteiger partial charge is 0.408 e. The lowest BCUT2D eigenvalue weighted by Gasteiger charge is -2.54. The minimum absolute atomic E-state index is 0.320. The third-order valence-corrected chi connectivity index (χ3v) is 8.07. The Hall–Kier alpha value is -4.20. The van der Waals surface area contributed by atoms with Gasteiger partial charge in [0, 0.05) is 23.1 Å². The van der Waals surface area contributed by atoms with Crippen molar-refractivity contribution in [2.45, 2.75) is 77.5 Å². The number of carbonyl (C=O) groups is 1. The number of ether oxygens (including phenoxy) is 1. The van der Waals surface area contributed by atoms with Gasteiger partial charge in [-0.2, -0.15) is 0 Å². The summed E-state index contributed by atoms with van der Waals surface area (Å²) in [7, 11) is 0. The highest BCUT2D eigenvalue weighted by Gasteiger charge is 2.50. The number of nitrogens with zero attached hydrogens (tertiary/aromatic N) is 5. The normalized spacial score (nSPS) is 15.4. The number of benzene rings is 2. The zero-order valence-corrected chi connectivity index (χ0v) is 23.5. The van der Waals surface area contributed by atoms with Gasteiger partial charge in [-0.05, 0) is 63.6 Å². The molecule has 2 aromatic carbocycles. The molecule has 206 valence electrons. The maximum Gasteiger partial charge on any atom is 0.408 e. The Bertz CT molecular complexity index is 1550. The molecule has 1 saturated carbocycles. The van der Waals surface area contributed by atoms with E-state index in [1.807, 2.05) is 39.0 Å². The summed E-state index contributed by atoms with van der Waals surface area (Å²) >= 11 is 0. The monoisotopic (exact) mass is 537 g/mol. The van der Waals surface area contributed by atoms with Crippen molar-refractivity contribution in [2.24, 2.45) is 0 Å². The van der Waals surface area contributed by atoms with Crippen LogP contribution in [0.25, 0.3) is 28.1 Å². The first kappa shape index (κ1) is 26.0. The second kappa shape index (κ2) is 9.77. The Morgan fingerprint density at radius 1 is 1.05 bits per heavy atom.